The van der Waals surface area contributed by atoms with E-state index in [1.165, 1.54) is 147 Å². The average Bonchev–Trinajstić information content (AvgIpc) is 3.01. The van der Waals surface area contributed by atoms with Crippen molar-refractivity contribution in [2.75, 3.05) is 13.2 Å². The van der Waals surface area contributed by atoms with E-state index in [1.54, 1.807) is 0 Å². The molecule has 0 aliphatic rings. The molecule has 0 bridgehead atoms. The quantitative estimate of drug-likeness (QED) is 0.0578. The molecule has 5 heteroatoms. The van der Waals surface area contributed by atoms with Crippen LogP contribution >= 0.6 is 7.82 Å². The molecule has 0 heterocycles. The lowest BCUT2D eigenvalue weighted by molar-refractivity contribution is 0.150. The van der Waals surface area contributed by atoms with E-state index >= 15 is 0 Å². The van der Waals surface area contributed by atoms with Crippen LogP contribution in [0.2, 0.25) is 0 Å². The van der Waals surface area contributed by atoms with E-state index in [-0.39, 0.29) is 0 Å². The second-order valence-electron chi connectivity index (χ2n) is 12.7. The minimum absolute atomic E-state index is 0.419. The van der Waals surface area contributed by atoms with Gasteiger partial charge in [0.15, 0.2) is 0 Å². The van der Waals surface area contributed by atoms with Crippen LogP contribution in [0.3, 0.4) is 0 Å². The van der Waals surface area contributed by atoms with Gasteiger partial charge in [-0.05, 0) is 43.4 Å². The van der Waals surface area contributed by atoms with Gasteiger partial charge in [0, 0.05) is 0 Å². The highest BCUT2D eigenvalue weighted by Crippen LogP contribution is 2.50. The largest absolute Gasteiger partial charge is 0.530 e. The van der Waals surface area contributed by atoms with E-state index in [1.807, 2.05) is 12.1 Å². The summed E-state index contributed by atoms with van der Waals surface area (Å²) in [4.78, 5) is 0. The highest BCUT2D eigenvalue weighted by molar-refractivity contribution is 7.48. The van der Waals surface area contributed by atoms with Crippen molar-refractivity contribution in [2.45, 2.75) is 194 Å². The summed E-state index contributed by atoms with van der Waals surface area (Å²) < 4.78 is 31.2. The number of phosphoric ester groups is 1. The number of rotatable bonds is 33. The van der Waals surface area contributed by atoms with Gasteiger partial charge in [0.25, 0.3) is 0 Å². The Kier molecular flexibility index (Phi) is 27.9. The van der Waals surface area contributed by atoms with Gasteiger partial charge in [-0.3, -0.25) is 9.05 Å². The molecule has 4 nitrogen and oxygen atoms in total. The van der Waals surface area contributed by atoms with Gasteiger partial charge in [0.2, 0.25) is 0 Å². The van der Waals surface area contributed by atoms with Crippen LogP contribution in [0.25, 0.3) is 0 Å². The number of aryl methyl sites for hydroxylation is 1. The van der Waals surface area contributed by atoms with Crippen LogP contribution in [0, 0.1) is 0 Å². The predicted molar refractivity (Wildman–Crippen MR) is 187 cm³/mol. The Balaban J connectivity index is 2.40. The molecular formula is C38H71O4P. The minimum atomic E-state index is -3.65. The summed E-state index contributed by atoms with van der Waals surface area (Å²) in [7, 11) is -3.65. The number of unbranched alkanes of at least 4 members (excludes halogenated alkanes) is 23. The summed E-state index contributed by atoms with van der Waals surface area (Å²) in [6.45, 7) is 7.63. The van der Waals surface area contributed by atoms with Crippen LogP contribution < -0.4 is 4.52 Å². The predicted octanol–water partition coefficient (Wildman–Crippen LogP) is 14.0. The Morgan fingerprint density at radius 1 is 0.442 bits per heavy atom. The molecule has 43 heavy (non-hydrogen) atoms. The van der Waals surface area contributed by atoms with E-state index in [0.29, 0.717) is 19.0 Å². The molecule has 1 aromatic carbocycles. The molecule has 0 aromatic heterocycles. The van der Waals surface area contributed by atoms with E-state index in [4.69, 9.17) is 13.6 Å². The Morgan fingerprint density at radius 3 is 1.14 bits per heavy atom. The average molecular weight is 623 g/mol. The molecular weight excluding hydrogens is 551 g/mol. The van der Waals surface area contributed by atoms with E-state index in [0.717, 1.165) is 32.1 Å². The Hall–Kier alpha value is -0.830. The number of hydrogen-bond donors (Lipinski definition) is 0. The zero-order chi connectivity index (χ0) is 31.1. The molecule has 252 valence electrons. The van der Waals surface area contributed by atoms with Crippen LogP contribution in [-0.2, 0) is 20.0 Å². The maximum absolute atomic E-state index is 13.6. The standard InChI is InChI=1S/C38H71O4P/c1-4-7-10-13-16-18-20-22-25-28-35-40-43(39,41-36-29-26-23-21-19-17-14-11-8-5-2)42-38-33-31-37(32-34-38)30-27-24-15-12-9-6-3/h31-34H,4-30,35-36H2,1-3H3. The molecule has 0 atom stereocenters. The Labute approximate surface area is 268 Å². The first-order chi connectivity index (χ1) is 21.1. The molecule has 0 saturated heterocycles. The third-order valence-electron chi connectivity index (χ3n) is 8.45. The summed E-state index contributed by atoms with van der Waals surface area (Å²) in [6.07, 6.45) is 34.0. The lowest BCUT2D eigenvalue weighted by Crippen LogP contribution is -2.05. The summed E-state index contributed by atoms with van der Waals surface area (Å²) in [6, 6.07) is 8.03. The van der Waals surface area contributed by atoms with Crippen molar-refractivity contribution < 1.29 is 18.1 Å². The molecule has 0 amide bonds. The number of hydrogen-bond acceptors (Lipinski definition) is 4. The minimum Gasteiger partial charge on any atom is -0.404 e. The van der Waals surface area contributed by atoms with Crippen LogP contribution in [0.1, 0.15) is 193 Å². The Morgan fingerprint density at radius 2 is 0.767 bits per heavy atom. The smallest absolute Gasteiger partial charge is 0.404 e. The van der Waals surface area contributed by atoms with Gasteiger partial charge in [-0.1, -0.05) is 181 Å². The lowest BCUT2D eigenvalue weighted by Gasteiger charge is -2.19. The molecule has 1 aromatic rings. The molecule has 0 aliphatic heterocycles. The fourth-order valence-electron chi connectivity index (χ4n) is 5.58. The number of benzene rings is 1. The van der Waals surface area contributed by atoms with E-state index < -0.39 is 7.82 Å². The normalized spacial score (nSPS) is 11.8. The molecule has 0 radical (unpaired) electrons. The van der Waals surface area contributed by atoms with Crippen molar-refractivity contribution in [3.63, 3.8) is 0 Å². The second-order valence-corrected chi connectivity index (χ2v) is 14.3. The molecule has 0 fully saturated rings. The molecule has 1 rings (SSSR count). The van der Waals surface area contributed by atoms with Crippen molar-refractivity contribution in [3.05, 3.63) is 29.8 Å². The van der Waals surface area contributed by atoms with Crippen molar-refractivity contribution in [1.82, 2.24) is 0 Å². The van der Waals surface area contributed by atoms with Crippen molar-refractivity contribution >= 4 is 7.82 Å². The molecule has 0 spiro atoms. The first kappa shape index (κ1) is 40.2. The third-order valence-corrected chi connectivity index (χ3v) is 9.89. The van der Waals surface area contributed by atoms with Gasteiger partial charge in [0.05, 0.1) is 13.2 Å². The van der Waals surface area contributed by atoms with E-state index in [2.05, 4.69) is 32.9 Å². The molecule has 0 aliphatic carbocycles. The topological polar surface area (TPSA) is 44.8 Å². The number of phosphoric acid groups is 1. The van der Waals surface area contributed by atoms with Crippen molar-refractivity contribution in [2.24, 2.45) is 0 Å². The first-order valence-corrected chi connectivity index (χ1v) is 20.3. The third kappa shape index (κ3) is 25.1. The monoisotopic (exact) mass is 623 g/mol. The fourth-order valence-corrected chi connectivity index (χ4v) is 6.84. The highest BCUT2D eigenvalue weighted by atomic mass is 31.2. The van der Waals surface area contributed by atoms with Gasteiger partial charge in [0.1, 0.15) is 5.75 Å². The lowest BCUT2D eigenvalue weighted by atomic mass is 10.1. The van der Waals surface area contributed by atoms with E-state index in [9.17, 15) is 4.57 Å². The van der Waals surface area contributed by atoms with Crippen LogP contribution in [0.4, 0.5) is 0 Å². The molecule has 0 N–H and O–H groups in total. The van der Waals surface area contributed by atoms with Crippen LogP contribution in [0.5, 0.6) is 5.75 Å². The zero-order valence-corrected chi connectivity index (χ0v) is 29.8. The SMILES string of the molecule is CCCCCCCCCCCCOP(=O)(OCCCCCCCCCCCC)Oc1ccc(CCCCCCCC)cc1. The fraction of sp³-hybridized carbons (Fsp3) is 0.842. The van der Waals surface area contributed by atoms with Gasteiger partial charge < -0.3 is 4.52 Å². The van der Waals surface area contributed by atoms with Gasteiger partial charge >= 0.3 is 7.82 Å². The highest BCUT2D eigenvalue weighted by Gasteiger charge is 2.28. The first-order valence-electron chi connectivity index (χ1n) is 18.8. The van der Waals surface area contributed by atoms with Crippen molar-refractivity contribution in [3.8, 4) is 5.75 Å². The van der Waals surface area contributed by atoms with Gasteiger partial charge in [-0.15, -0.1) is 0 Å². The van der Waals surface area contributed by atoms with Crippen LogP contribution in [0.15, 0.2) is 24.3 Å². The second kappa shape index (κ2) is 29.9. The zero-order valence-electron chi connectivity index (χ0n) is 28.9. The molecule has 0 saturated carbocycles. The maximum atomic E-state index is 13.6. The summed E-state index contributed by atoms with van der Waals surface area (Å²) in [5.41, 5.74) is 1.30. The summed E-state index contributed by atoms with van der Waals surface area (Å²) in [5.74, 6) is 0.571. The van der Waals surface area contributed by atoms with Crippen molar-refractivity contribution in [1.29, 1.82) is 0 Å². The summed E-state index contributed by atoms with van der Waals surface area (Å²) >= 11 is 0. The summed E-state index contributed by atoms with van der Waals surface area (Å²) in [5, 5.41) is 0. The van der Waals surface area contributed by atoms with Gasteiger partial charge in [-0.25, -0.2) is 4.57 Å². The molecule has 0 unspecified atom stereocenters. The van der Waals surface area contributed by atoms with Gasteiger partial charge in [-0.2, -0.15) is 0 Å². The van der Waals surface area contributed by atoms with Crippen LogP contribution in [-0.4, -0.2) is 13.2 Å². The maximum Gasteiger partial charge on any atom is 0.530 e. The Bertz CT molecular complexity index is 721.